The number of carbonyl (C=O) groups is 1. The fraction of sp³-hybridized carbons (Fsp3) is 0.611. The van der Waals surface area contributed by atoms with Gasteiger partial charge in [0.25, 0.3) is 0 Å². The van der Waals surface area contributed by atoms with Crippen LogP contribution in [0.2, 0.25) is 0 Å². The summed E-state index contributed by atoms with van der Waals surface area (Å²) in [6.07, 6.45) is -3.50. The molecule has 0 aromatic heterocycles. The Bertz CT molecular complexity index is 556. The lowest BCUT2D eigenvalue weighted by atomic mass is 10.1. The van der Waals surface area contributed by atoms with Crippen LogP contribution in [0.25, 0.3) is 0 Å². The summed E-state index contributed by atoms with van der Waals surface area (Å²) in [6, 6.07) is 5.31. The molecular weight excluding hydrogens is 347 g/mol. The number of hydrogen-bond donors (Lipinski definition) is 1. The molecule has 0 saturated carbocycles. The molecule has 1 amide bonds. The van der Waals surface area contributed by atoms with Gasteiger partial charge in [-0.15, -0.1) is 0 Å². The fourth-order valence-electron chi connectivity index (χ4n) is 2.87. The molecule has 0 spiro atoms. The van der Waals surface area contributed by atoms with E-state index in [1.807, 2.05) is 0 Å². The maximum atomic E-state index is 12.6. The summed E-state index contributed by atoms with van der Waals surface area (Å²) < 4.78 is 42.7. The smallest absolute Gasteiger partial charge is 0.385 e. The number of nitrogens with one attached hydrogen (secondary N) is 1. The van der Waals surface area contributed by atoms with Crippen molar-refractivity contribution in [2.45, 2.75) is 19.1 Å². The highest BCUT2D eigenvalue weighted by atomic mass is 19.4. The van der Waals surface area contributed by atoms with Crippen LogP contribution in [0, 0.1) is 0 Å². The minimum Gasteiger partial charge on any atom is -0.385 e. The van der Waals surface area contributed by atoms with Gasteiger partial charge in [-0.2, -0.15) is 13.2 Å². The maximum absolute atomic E-state index is 12.6. The van der Waals surface area contributed by atoms with E-state index in [4.69, 9.17) is 4.74 Å². The topological polar surface area (TPSA) is 44.8 Å². The van der Waals surface area contributed by atoms with E-state index in [1.165, 1.54) is 12.1 Å². The van der Waals surface area contributed by atoms with Crippen molar-refractivity contribution in [1.82, 2.24) is 15.1 Å². The minimum atomic E-state index is -4.30. The molecule has 26 heavy (non-hydrogen) atoms. The van der Waals surface area contributed by atoms with Crippen LogP contribution in [0.3, 0.4) is 0 Å². The maximum Gasteiger partial charge on any atom is 0.416 e. The molecule has 1 heterocycles. The van der Waals surface area contributed by atoms with Crippen LogP contribution in [-0.2, 0) is 22.3 Å². The molecule has 1 saturated heterocycles. The number of methoxy groups -OCH3 is 1. The second kappa shape index (κ2) is 9.89. The Morgan fingerprint density at radius 1 is 1.12 bits per heavy atom. The van der Waals surface area contributed by atoms with E-state index in [0.29, 0.717) is 26.2 Å². The van der Waals surface area contributed by atoms with Crippen molar-refractivity contribution in [3.63, 3.8) is 0 Å². The van der Waals surface area contributed by atoms with Gasteiger partial charge in [0.05, 0.1) is 12.1 Å². The first-order chi connectivity index (χ1) is 12.4. The third kappa shape index (κ3) is 6.93. The molecule has 1 N–H and O–H groups in total. The predicted molar refractivity (Wildman–Crippen MR) is 92.7 cm³/mol. The van der Waals surface area contributed by atoms with Gasteiger partial charge in [-0.05, 0) is 24.1 Å². The number of piperazine rings is 1. The first-order valence-corrected chi connectivity index (χ1v) is 8.75. The van der Waals surface area contributed by atoms with Crippen LogP contribution in [0.5, 0.6) is 0 Å². The molecule has 1 aromatic rings. The molecule has 2 rings (SSSR count). The molecule has 1 aliphatic heterocycles. The SMILES string of the molecule is COCCCNC(=O)CN1CCN(Cc2ccc(C(F)(F)F)cc2)CC1. The van der Waals surface area contributed by atoms with Gasteiger partial charge in [0.2, 0.25) is 5.91 Å². The van der Waals surface area contributed by atoms with Gasteiger partial charge < -0.3 is 10.1 Å². The lowest BCUT2D eigenvalue weighted by Gasteiger charge is -2.34. The standard InChI is InChI=1S/C18H26F3N3O2/c1-26-12-2-7-22-17(25)14-24-10-8-23(9-11-24)13-15-3-5-16(6-4-15)18(19,20)21/h3-6H,2,7-14H2,1H3,(H,22,25). The first-order valence-electron chi connectivity index (χ1n) is 8.75. The highest BCUT2D eigenvalue weighted by molar-refractivity contribution is 5.77. The second-order valence-corrected chi connectivity index (χ2v) is 6.44. The monoisotopic (exact) mass is 373 g/mol. The van der Waals surface area contributed by atoms with Crippen molar-refractivity contribution in [2.24, 2.45) is 0 Å². The van der Waals surface area contributed by atoms with Crippen molar-refractivity contribution < 1.29 is 22.7 Å². The number of amides is 1. The largest absolute Gasteiger partial charge is 0.416 e. The Hall–Kier alpha value is -1.64. The van der Waals surface area contributed by atoms with Crippen molar-refractivity contribution in [2.75, 3.05) is 53.0 Å². The summed E-state index contributed by atoms with van der Waals surface area (Å²) in [7, 11) is 1.63. The van der Waals surface area contributed by atoms with Gasteiger partial charge in [-0.3, -0.25) is 14.6 Å². The molecule has 0 bridgehead atoms. The third-order valence-electron chi connectivity index (χ3n) is 4.37. The van der Waals surface area contributed by atoms with Gasteiger partial charge in [0, 0.05) is 53.0 Å². The van der Waals surface area contributed by atoms with Crippen molar-refractivity contribution in [3.8, 4) is 0 Å². The van der Waals surface area contributed by atoms with E-state index in [2.05, 4.69) is 15.1 Å². The Morgan fingerprint density at radius 2 is 1.73 bits per heavy atom. The van der Waals surface area contributed by atoms with Gasteiger partial charge in [-0.1, -0.05) is 12.1 Å². The number of ether oxygens (including phenoxy) is 1. The number of benzene rings is 1. The Kier molecular flexibility index (Phi) is 7.86. The average Bonchev–Trinajstić information content (AvgIpc) is 2.60. The number of halogens is 3. The van der Waals surface area contributed by atoms with Crippen LogP contribution in [0.1, 0.15) is 17.5 Å². The zero-order valence-corrected chi connectivity index (χ0v) is 15.0. The lowest BCUT2D eigenvalue weighted by molar-refractivity contribution is -0.137. The van der Waals surface area contributed by atoms with Crippen LogP contribution < -0.4 is 5.32 Å². The number of alkyl halides is 3. The number of nitrogens with zero attached hydrogens (tertiary/aromatic N) is 2. The van der Waals surface area contributed by atoms with E-state index < -0.39 is 11.7 Å². The van der Waals surface area contributed by atoms with Gasteiger partial charge in [0.1, 0.15) is 0 Å². The summed E-state index contributed by atoms with van der Waals surface area (Å²) in [5, 5.41) is 2.87. The zero-order valence-electron chi connectivity index (χ0n) is 15.0. The average molecular weight is 373 g/mol. The van der Waals surface area contributed by atoms with E-state index in [0.717, 1.165) is 50.3 Å². The van der Waals surface area contributed by atoms with Crippen LogP contribution in [-0.4, -0.2) is 68.7 Å². The summed E-state index contributed by atoms with van der Waals surface area (Å²) >= 11 is 0. The zero-order chi connectivity index (χ0) is 19.0. The molecule has 0 aliphatic carbocycles. The molecule has 1 fully saturated rings. The fourth-order valence-corrected chi connectivity index (χ4v) is 2.87. The second-order valence-electron chi connectivity index (χ2n) is 6.44. The van der Waals surface area contributed by atoms with Crippen molar-refractivity contribution >= 4 is 5.91 Å². The summed E-state index contributed by atoms with van der Waals surface area (Å²) in [5.41, 5.74) is 0.241. The van der Waals surface area contributed by atoms with E-state index in [1.54, 1.807) is 7.11 Å². The molecule has 0 unspecified atom stereocenters. The number of rotatable bonds is 8. The molecule has 146 valence electrons. The molecule has 5 nitrogen and oxygen atoms in total. The Morgan fingerprint density at radius 3 is 2.31 bits per heavy atom. The quantitative estimate of drug-likeness (QED) is 0.708. The van der Waals surface area contributed by atoms with Gasteiger partial charge >= 0.3 is 6.18 Å². The Labute approximate surface area is 152 Å². The van der Waals surface area contributed by atoms with E-state index in [-0.39, 0.29) is 5.91 Å². The molecular formula is C18H26F3N3O2. The van der Waals surface area contributed by atoms with Crippen LogP contribution in [0.4, 0.5) is 13.2 Å². The molecule has 0 radical (unpaired) electrons. The van der Waals surface area contributed by atoms with Crippen LogP contribution in [0.15, 0.2) is 24.3 Å². The number of carbonyl (C=O) groups excluding carboxylic acids is 1. The highest BCUT2D eigenvalue weighted by Gasteiger charge is 2.30. The van der Waals surface area contributed by atoms with Crippen molar-refractivity contribution in [1.29, 1.82) is 0 Å². The van der Waals surface area contributed by atoms with Gasteiger partial charge in [0.15, 0.2) is 0 Å². The first kappa shape index (κ1) is 20.7. The molecule has 8 heteroatoms. The Balaban J connectivity index is 1.69. The summed E-state index contributed by atoms with van der Waals surface area (Å²) in [5.74, 6) is 0.0114. The molecule has 1 aliphatic rings. The lowest BCUT2D eigenvalue weighted by Crippen LogP contribution is -2.49. The van der Waals surface area contributed by atoms with Crippen LogP contribution >= 0.6 is 0 Å². The molecule has 1 aromatic carbocycles. The van der Waals surface area contributed by atoms with E-state index in [9.17, 15) is 18.0 Å². The third-order valence-corrected chi connectivity index (χ3v) is 4.37. The van der Waals surface area contributed by atoms with Crippen molar-refractivity contribution in [3.05, 3.63) is 35.4 Å². The number of hydrogen-bond acceptors (Lipinski definition) is 4. The summed E-state index contributed by atoms with van der Waals surface area (Å²) in [4.78, 5) is 16.1. The minimum absolute atomic E-state index is 0.0114. The predicted octanol–water partition coefficient (Wildman–Crippen LogP) is 1.98. The van der Waals surface area contributed by atoms with Gasteiger partial charge in [-0.25, -0.2) is 0 Å². The summed E-state index contributed by atoms with van der Waals surface area (Å²) in [6.45, 7) is 5.36. The van der Waals surface area contributed by atoms with E-state index >= 15 is 0 Å². The molecule has 0 atom stereocenters. The highest BCUT2D eigenvalue weighted by Crippen LogP contribution is 2.29. The normalized spacial score (nSPS) is 16.6.